The fourth-order valence-electron chi connectivity index (χ4n) is 4.19. The molecule has 5 aromatic rings. The zero-order chi connectivity index (χ0) is 25.1. The molecule has 0 saturated heterocycles. The van der Waals surface area contributed by atoms with E-state index in [-0.39, 0.29) is 12.2 Å². The summed E-state index contributed by atoms with van der Waals surface area (Å²) >= 11 is 0. The van der Waals surface area contributed by atoms with Crippen molar-refractivity contribution in [2.24, 2.45) is 0 Å². The number of halogens is 2. The van der Waals surface area contributed by atoms with Gasteiger partial charge < -0.3 is 0 Å². The van der Waals surface area contributed by atoms with Gasteiger partial charge in [0.15, 0.2) is 5.82 Å². The molecule has 8 nitrogen and oxygen atoms in total. The molecule has 3 aromatic heterocycles. The zero-order valence-corrected chi connectivity index (χ0v) is 19.5. The van der Waals surface area contributed by atoms with Crippen molar-refractivity contribution in [3.8, 4) is 28.3 Å². The molecular weight excluding hydrogens is 464 g/mol. The second-order valence-electron chi connectivity index (χ2n) is 8.38. The van der Waals surface area contributed by atoms with Crippen molar-refractivity contribution in [3.63, 3.8) is 0 Å². The highest BCUT2D eigenvalue weighted by Crippen LogP contribution is 2.28. The first-order valence-electron chi connectivity index (χ1n) is 11.6. The predicted octanol–water partition coefficient (Wildman–Crippen LogP) is 4.55. The van der Waals surface area contributed by atoms with Crippen molar-refractivity contribution in [3.05, 3.63) is 100 Å². The molecule has 3 heterocycles. The largest absolute Gasteiger partial charge is 0.333 e. The minimum atomic E-state index is -0.783. The Kier molecular flexibility index (Phi) is 6.48. The highest BCUT2D eigenvalue weighted by molar-refractivity contribution is 5.77. The molecule has 5 rings (SSSR count). The summed E-state index contributed by atoms with van der Waals surface area (Å²) in [6, 6.07) is 15.0. The Bertz CT molecular complexity index is 1520. The number of aromatic nitrogens is 7. The van der Waals surface area contributed by atoms with E-state index in [9.17, 15) is 13.6 Å². The van der Waals surface area contributed by atoms with E-state index in [1.165, 1.54) is 6.07 Å². The van der Waals surface area contributed by atoms with Crippen LogP contribution in [0, 0.1) is 11.6 Å². The van der Waals surface area contributed by atoms with E-state index in [2.05, 4.69) is 32.5 Å². The highest BCUT2D eigenvalue weighted by atomic mass is 19.1. The molecule has 0 fully saturated rings. The second kappa shape index (κ2) is 10.0. The first-order chi connectivity index (χ1) is 17.6. The third kappa shape index (κ3) is 4.45. The van der Waals surface area contributed by atoms with E-state index >= 15 is 0 Å². The predicted molar refractivity (Wildman–Crippen MR) is 131 cm³/mol. The Morgan fingerprint density at radius 1 is 1.00 bits per heavy atom. The average molecular weight is 488 g/mol. The van der Waals surface area contributed by atoms with Crippen LogP contribution in [0.5, 0.6) is 0 Å². The number of benzene rings is 2. The van der Waals surface area contributed by atoms with Crippen molar-refractivity contribution in [2.75, 3.05) is 0 Å². The summed E-state index contributed by atoms with van der Waals surface area (Å²) in [6.45, 7) is 2.32. The SMILES string of the molecule is CCCCc1cn(-c2c(F)cccc2F)c(=O)n1Cc1ccc(-c2cccnc2-c2nnn[nH]2)cc1. The number of imidazole rings is 1. The van der Waals surface area contributed by atoms with Crippen molar-refractivity contribution < 1.29 is 8.78 Å². The molecule has 0 amide bonds. The van der Waals surface area contributed by atoms with Crippen LogP contribution in [0.1, 0.15) is 31.0 Å². The van der Waals surface area contributed by atoms with Crippen LogP contribution in [-0.2, 0) is 13.0 Å². The summed E-state index contributed by atoms with van der Waals surface area (Å²) in [6.07, 6.45) is 5.61. The molecule has 0 bridgehead atoms. The van der Waals surface area contributed by atoms with Crippen molar-refractivity contribution in [2.45, 2.75) is 32.7 Å². The van der Waals surface area contributed by atoms with Gasteiger partial charge in [0.25, 0.3) is 0 Å². The lowest BCUT2D eigenvalue weighted by molar-refractivity contribution is 0.564. The first kappa shape index (κ1) is 23.3. The maximum Gasteiger partial charge on any atom is 0.333 e. The van der Waals surface area contributed by atoms with Crippen molar-refractivity contribution in [1.82, 2.24) is 34.7 Å². The number of aromatic amines is 1. The number of hydrogen-bond donors (Lipinski definition) is 1. The zero-order valence-electron chi connectivity index (χ0n) is 19.5. The highest BCUT2D eigenvalue weighted by Gasteiger charge is 2.19. The summed E-state index contributed by atoms with van der Waals surface area (Å²) in [5.74, 6) is -1.10. The smallest absolute Gasteiger partial charge is 0.292 e. The molecule has 0 aliphatic carbocycles. The van der Waals surface area contributed by atoms with Crippen LogP contribution in [0.3, 0.4) is 0 Å². The Balaban J connectivity index is 1.49. The molecule has 0 aliphatic rings. The molecule has 0 radical (unpaired) electrons. The van der Waals surface area contributed by atoms with E-state index in [1.807, 2.05) is 36.4 Å². The van der Waals surface area contributed by atoms with Gasteiger partial charge >= 0.3 is 5.69 Å². The molecule has 0 aliphatic heterocycles. The number of H-pyrrole nitrogens is 1. The maximum atomic E-state index is 14.4. The lowest BCUT2D eigenvalue weighted by atomic mass is 10.0. The molecule has 0 unspecified atom stereocenters. The molecule has 0 saturated carbocycles. The van der Waals surface area contributed by atoms with Crippen LogP contribution in [-0.4, -0.2) is 34.7 Å². The number of para-hydroxylation sites is 1. The van der Waals surface area contributed by atoms with E-state index in [1.54, 1.807) is 17.0 Å². The molecule has 0 spiro atoms. The molecule has 2 aromatic carbocycles. The number of nitrogens with one attached hydrogen (secondary N) is 1. The number of unbranched alkanes of at least 4 members (excludes halogenated alkanes) is 1. The van der Waals surface area contributed by atoms with Crippen molar-refractivity contribution >= 4 is 0 Å². The van der Waals surface area contributed by atoms with Crippen LogP contribution in [0.15, 0.2) is 71.8 Å². The fourth-order valence-corrected chi connectivity index (χ4v) is 4.19. The summed E-state index contributed by atoms with van der Waals surface area (Å²) in [5.41, 5.74) is 3.13. The second-order valence-corrected chi connectivity index (χ2v) is 8.38. The Morgan fingerprint density at radius 3 is 2.47 bits per heavy atom. The normalized spacial score (nSPS) is 11.2. The number of hydrogen-bond acceptors (Lipinski definition) is 5. The molecule has 36 heavy (non-hydrogen) atoms. The minimum Gasteiger partial charge on any atom is -0.292 e. The van der Waals surface area contributed by atoms with Crippen molar-refractivity contribution in [1.29, 1.82) is 0 Å². The van der Waals surface area contributed by atoms with Crippen LogP contribution in [0.4, 0.5) is 8.78 Å². The average Bonchev–Trinajstić information content (AvgIpc) is 3.53. The lowest BCUT2D eigenvalue weighted by Crippen LogP contribution is -2.25. The van der Waals surface area contributed by atoms with E-state index in [0.717, 1.165) is 51.9 Å². The molecule has 182 valence electrons. The van der Waals surface area contributed by atoms with Gasteiger partial charge in [0.1, 0.15) is 23.0 Å². The topological polar surface area (TPSA) is 94.3 Å². The van der Waals surface area contributed by atoms with Gasteiger partial charge in [-0.15, -0.1) is 5.10 Å². The number of nitrogens with zero attached hydrogens (tertiary/aromatic N) is 6. The third-order valence-corrected chi connectivity index (χ3v) is 6.01. The van der Waals surface area contributed by atoms with Crippen LogP contribution in [0.25, 0.3) is 28.3 Å². The van der Waals surface area contributed by atoms with Gasteiger partial charge in [0.05, 0.1) is 6.54 Å². The van der Waals surface area contributed by atoms with Gasteiger partial charge in [0, 0.05) is 23.7 Å². The summed E-state index contributed by atoms with van der Waals surface area (Å²) < 4.78 is 31.5. The molecule has 10 heteroatoms. The minimum absolute atomic E-state index is 0.271. The quantitative estimate of drug-likeness (QED) is 0.347. The summed E-state index contributed by atoms with van der Waals surface area (Å²) in [7, 11) is 0. The van der Waals surface area contributed by atoms with Crippen LogP contribution >= 0.6 is 0 Å². The lowest BCUT2D eigenvalue weighted by Gasteiger charge is -2.10. The van der Waals surface area contributed by atoms with Gasteiger partial charge in [-0.2, -0.15) is 0 Å². The van der Waals surface area contributed by atoms with E-state index in [0.29, 0.717) is 17.9 Å². The number of aryl methyl sites for hydroxylation is 1. The van der Waals surface area contributed by atoms with Gasteiger partial charge in [-0.1, -0.05) is 49.7 Å². The van der Waals surface area contributed by atoms with Gasteiger partial charge in [-0.3, -0.25) is 14.1 Å². The molecule has 0 atom stereocenters. The summed E-state index contributed by atoms with van der Waals surface area (Å²) in [5, 5.41) is 13.9. The first-order valence-corrected chi connectivity index (χ1v) is 11.6. The molecule has 1 N–H and O–H groups in total. The van der Waals surface area contributed by atoms with Gasteiger partial charge in [-0.25, -0.2) is 18.7 Å². The standard InChI is InChI=1S/C26H23F2N7O/c1-2-3-6-19-16-35(24-21(27)8-4-9-22(24)28)26(36)34(19)15-17-10-12-18(13-11-17)20-7-5-14-29-23(20)25-30-32-33-31-25/h4-5,7-14,16H,2-3,6,15H2,1H3,(H,30,31,32,33). The van der Waals surface area contributed by atoms with E-state index < -0.39 is 17.3 Å². The summed E-state index contributed by atoms with van der Waals surface area (Å²) in [4.78, 5) is 17.7. The Morgan fingerprint density at radius 2 is 1.78 bits per heavy atom. The van der Waals surface area contributed by atoms with E-state index in [4.69, 9.17) is 0 Å². The monoisotopic (exact) mass is 487 g/mol. The fraction of sp³-hybridized carbons (Fsp3) is 0.192. The maximum absolute atomic E-state index is 14.4. The van der Waals surface area contributed by atoms with Gasteiger partial charge in [-0.05, 0) is 52.6 Å². The number of pyridine rings is 1. The molecular formula is C26H23F2N7O. The number of tetrazole rings is 1. The third-order valence-electron chi connectivity index (χ3n) is 6.01. The van der Waals surface area contributed by atoms with Crippen LogP contribution < -0.4 is 5.69 Å². The Hall–Kier alpha value is -4.47. The number of rotatable bonds is 8. The van der Waals surface area contributed by atoms with Gasteiger partial charge in [0.2, 0.25) is 0 Å². The van der Waals surface area contributed by atoms with Crippen LogP contribution in [0.2, 0.25) is 0 Å². The Labute approximate surface area is 205 Å².